The Bertz CT molecular complexity index is 2310. The molecular formula is C42H27NO15. The fourth-order valence-electron chi connectivity index (χ4n) is 5.70. The van der Waals surface area contributed by atoms with Gasteiger partial charge < -0.3 is 49.7 Å². The Hall–Kier alpha value is -8.66. The van der Waals surface area contributed by atoms with Gasteiger partial charge in [0.2, 0.25) is 0 Å². The van der Waals surface area contributed by atoms with Crippen LogP contribution in [0.4, 0.5) is 17.1 Å². The lowest BCUT2D eigenvalue weighted by Gasteiger charge is -2.26. The number of carbonyl (C=O) groups is 6. The van der Waals surface area contributed by atoms with Crippen LogP contribution in [-0.2, 0) is 0 Å². The number of ether oxygens (including phenoxy) is 3. The third-order valence-corrected chi connectivity index (χ3v) is 8.35. The van der Waals surface area contributed by atoms with Crippen molar-refractivity contribution in [1.82, 2.24) is 0 Å². The summed E-state index contributed by atoms with van der Waals surface area (Å²) in [6, 6.07) is 30.5. The minimum atomic E-state index is -1.44. The summed E-state index contributed by atoms with van der Waals surface area (Å²) in [7, 11) is 0. The van der Waals surface area contributed by atoms with E-state index >= 15 is 0 Å². The highest BCUT2D eigenvalue weighted by atomic mass is 16.5. The smallest absolute Gasteiger partial charge is 0.336 e. The summed E-state index contributed by atoms with van der Waals surface area (Å²) in [5.74, 6) is -7.42. The fourth-order valence-corrected chi connectivity index (χ4v) is 5.70. The summed E-state index contributed by atoms with van der Waals surface area (Å²) >= 11 is 0. The Morgan fingerprint density at radius 3 is 0.707 bits per heavy atom. The Morgan fingerprint density at radius 1 is 0.293 bits per heavy atom. The first-order valence-corrected chi connectivity index (χ1v) is 16.6. The molecule has 0 radical (unpaired) electrons. The van der Waals surface area contributed by atoms with Crippen molar-refractivity contribution in [3.05, 3.63) is 161 Å². The Kier molecular flexibility index (Phi) is 11.0. The Balaban J connectivity index is 1.31. The molecule has 16 heteroatoms. The van der Waals surface area contributed by atoms with E-state index in [1.807, 2.05) is 4.90 Å². The van der Waals surface area contributed by atoms with Gasteiger partial charge in [-0.2, -0.15) is 0 Å². The number of anilines is 3. The van der Waals surface area contributed by atoms with Crippen LogP contribution < -0.4 is 19.1 Å². The standard InChI is InChI=1S/C42H27NO15/c44-37(45)31-16-13-28(19-34(31)40(50)51)56-25-7-1-22(2-8-25)43(23-3-9-26(10-4-23)57-29-14-17-32(38(46)47)35(20-29)41(52)53)24-5-11-27(12-6-24)58-30-15-18-33(39(48)49)36(21-30)42(54)55/h1-21H,(H,44,45)(H,46,47)(H,48,49)(H,50,51)(H,52,53)(H,54,55). The van der Waals surface area contributed by atoms with E-state index in [4.69, 9.17) is 14.2 Å². The lowest BCUT2D eigenvalue weighted by Crippen LogP contribution is -2.10. The minimum Gasteiger partial charge on any atom is -0.478 e. The summed E-state index contributed by atoms with van der Waals surface area (Å²) in [5.41, 5.74) is -0.790. The van der Waals surface area contributed by atoms with Crippen molar-refractivity contribution < 1.29 is 73.6 Å². The molecule has 6 aromatic carbocycles. The van der Waals surface area contributed by atoms with E-state index in [1.165, 1.54) is 18.2 Å². The Labute approximate surface area is 326 Å². The van der Waals surface area contributed by atoms with E-state index in [0.717, 1.165) is 36.4 Å². The number of rotatable bonds is 15. The van der Waals surface area contributed by atoms with E-state index in [0.29, 0.717) is 34.3 Å². The normalized spacial score (nSPS) is 10.6. The number of hydrogen-bond donors (Lipinski definition) is 6. The van der Waals surface area contributed by atoms with E-state index < -0.39 is 69.2 Å². The summed E-state index contributed by atoms with van der Waals surface area (Å²) in [4.78, 5) is 71.2. The lowest BCUT2D eigenvalue weighted by molar-refractivity contribution is 0.0651. The number of carboxylic acids is 6. The van der Waals surface area contributed by atoms with Crippen LogP contribution in [0.25, 0.3) is 0 Å². The number of hydrogen-bond acceptors (Lipinski definition) is 10. The molecule has 16 nitrogen and oxygen atoms in total. The zero-order valence-electron chi connectivity index (χ0n) is 29.4. The van der Waals surface area contributed by atoms with Crippen LogP contribution in [0.3, 0.4) is 0 Å². The van der Waals surface area contributed by atoms with Gasteiger partial charge in [0.15, 0.2) is 0 Å². The van der Waals surface area contributed by atoms with Crippen LogP contribution in [0, 0.1) is 0 Å². The topological polar surface area (TPSA) is 255 Å². The van der Waals surface area contributed by atoms with Crippen LogP contribution in [0.2, 0.25) is 0 Å². The summed E-state index contributed by atoms with van der Waals surface area (Å²) in [6.07, 6.45) is 0. The average Bonchev–Trinajstić information content (AvgIpc) is 3.19. The summed E-state index contributed by atoms with van der Waals surface area (Å²) < 4.78 is 17.5. The van der Waals surface area contributed by atoms with Gasteiger partial charge in [-0.05, 0) is 127 Å². The van der Waals surface area contributed by atoms with Gasteiger partial charge in [0, 0.05) is 17.1 Å². The Morgan fingerprint density at radius 2 is 0.500 bits per heavy atom. The molecule has 290 valence electrons. The van der Waals surface area contributed by atoms with E-state index in [9.17, 15) is 59.4 Å². The van der Waals surface area contributed by atoms with E-state index in [2.05, 4.69) is 0 Å². The molecule has 6 N–H and O–H groups in total. The van der Waals surface area contributed by atoms with Crippen molar-refractivity contribution in [2.45, 2.75) is 0 Å². The third kappa shape index (κ3) is 8.66. The van der Waals surface area contributed by atoms with Crippen molar-refractivity contribution in [2.75, 3.05) is 4.90 Å². The lowest BCUT2D eigenvalue weighted by atomic mass is 10.1. The SMILES string of the molecule is O=C(O)c1ccc(Oc2ccc(N(c3ccc(Oc4ccc(C(=O)O)c(C(=O)O)c4)cc3)c3ccc(Oc4ccc(C(=O)O)c(C(=O)O)c4)cc3)cc2)cc1C(=O)O. The predicted molar refractivity (Wildman–Crippen MR) is 202 cm³/mol. The van der Waals surface area contributed by atoms with Crippen molar-refractivity contribution in [1.29, 1.82) is 0 Å². The van der Waals surface area contributed by atoms with Crippen LogP contribution in [0.15, 0.2) is 127 Å². The molecular weight excluding hydrogens is 758 g/mol. The number of benzene rings is 6. The first-order valence-electron chi connectivity index (χ1n) is 16.6. The van der Waals surface area contributed by atoms with Crippen LogP contribution >= 0.6 is 0 Å². The molecule has 0 aliphatic rings. The highest BCUT2D eigenvalue weighted by molar-refractivity contribution is 6.03. The molecule has 6 rings (SSSR count). The largest absolute Gasteiger partial charge is 0.478 e. The summed E-state index contributed by atoms with van der Waals surface area (Å²) in [6.45, 7) is 0. The zero-order valence-corrected chi connectivity index (χ0v) is 29.4. The second-order valence-electron chi connectivity index (χ2n) is 12.1. The number of aromatic carboxylic acids is 6. The van der Waals surface area contributed by atoms with E-state index in [1.54, 1.807) is 72.8 Å². The molecule has 0 amide bonds. The van der Waals surface area contributed by atoms with Gasteiger partial charge in [0.05, 0.1) is 33.4 Å². The molecule has 0 saturated carbocycles. The summed E-state index contributed by atoms with van der Waals surface area (Å²) in [5, 5.41) is 56.5. The first kappa shape index (κ1) is 39.0. The molecule has 0 fully saturated rings. The van der Waals surface area contributed by atoms with Gasteiger partial charge in [0.1, 0.15) is 34.5 Å². The molecule has 58 heavy (non-hydrogen) atoms. The second kappa shape index (κ2) is 16.4. The predicted octanol–water partition coefficient (Wildman–Crippen LogP) is 8.72. The maximum atomic E-state index is 11.7. The minimum absolute atomic E-state index is 0.0827. The zero-order chi connectivity index (χ0) is 41.7. The quantitative estimate of drug-likeness (QED) is 0.0569. The second-order valence-corrected chi connectivity index (χ2v) is 12.1. The molecule has 0 heterocycles. The van der Waals surface area contributed by atoms with Crippen molar-refractivity contribution >= 4 is 52.9 Å². The highest BCUT2D eigenvalue weighted by Crippen LogP contribution is 2.39. The third-order valence-electron chi connectivity index (χ3n) is 8.35. The molecule has 0 aliphatic heterocycles. The van der Waals surface area contributed by atoms with Crippen LogP contribution in [0.1, 0.15) is 62.1 Å². The maximum absolute atomic E-state index is 11.7. The van der Waals surface area contributed by atoms with Gasteiger partial charge in [-0.15, -0.1) is 0 Å². The van der Waals surface area contributed by atoms with Gasteiger partial charge in [-0.1, -0.05) is 0 Å². The highest BCUT2D eigenvalue weighted by Gasteiger charge is 2.21. The van der Waals surface area contributed by atoms with Gasteiger partial charge in [-0.25, -0.2) is 28.8 Å². The average molecular weight is 786 g/mol. The molecule has 0 bridgehead atoms. The molecule has 0 aromatic heterocycles. The van der Waals surface area contributed by atoms with Crippen molar-refractivity contribution in [3.8, 4) is 34.5 Å². The molecule has 0 saturated heterocycles. The monoisotopic (exact) mass is 785 g/mol. The van der Waals surface area contributed by atoms with E-state index in [-0.39, 0.29) is 17.2 Å². The van der Waals surface area contributed by atoms with Crippen LogP contribution in [-0.4, -0.2) is 66.5 Å². The van der Waals surface area contributed by atoms with Gasteiger partial charge >= 0.3 is 35.8 Å². The first-order chi connectivity index (χ1) is 27.7. The molecule has 0 spiro atoms. The molecule has 0 unspecified atom stereocenters. The molecule has 6 aromatic rings. The maximum Gasteiger partial charge on any atom is 0.336 e. The number of nitrogens with zero attached hydrogens (tertiary/aromatic N) is 1. The fraction of sp³-hybridized carbons (Fsp3) is 0. The molecule has 0 atom stereocenters. The van der Waals surface area contributed by atoms with Crippen molar-refractivity contribution in [2.24, 2.45) is 0 Å². The van der Waals surface area contributed by atoms with Crippen LogP contribution in [0.5, 0.6) is 34.5 Å². The number of carboxylic acid groups (broad SMARTS) is 6. The van der Waals surface area contributed by atoms with Crippen molar-refractivity contribution in [3.63, 3.8) is 0 Å². The molecule has 0 aliphatic carbocycles. The van der Waals surface area contributed by atoms with Gasteiger partial charge in [0.25, 0.3) is 0 Å². The van der Waals surface area contributed by atoms with Gasteiger partial charge in [-0.3, -0.25) is 0 Å².